The van der Waals surface area contributed by atoms with E-state index in [1.54, 1.807) is 0 Å². The Balaban J connectivity index is 1.35. The largest absolute Gasteiger partial charge is 0.475 e. The van der Waals surface area contributed by atoms with E-state index in [1.807, 2.05) is 0 Å². The fourth-order valence-corrected chi connectivity index (χ4v) is 5.90. The molecule has 2 aliphatic carbocycles. The molecule has 1 aliphatic heterocycles. The SMILES string of the molecule is CN(C(=O)O)C1COc2c(S(=O)(=O)NC(=O)Nc3c4c(cc5c3CCC5)CCC4)cnn2C1. The zero-order chi connectivity index (χ0) is 23.3. The molecule has 33 heavy (non-hydrogen) atoms. The molecule has 3 aliphatic rings. The molecule has 11 nitrogen and oxygen atoms in total. The van der Waals surface area contributed by atoms with E-state index < -0.39 is 28.2 Å². The molecule has 0 bridgehead atoms. The van der Waals surface area contributed by atoms with Gasteiger partial charge in [0.05, 0.1) is 18.8 Å². The number of urea groups is 1. The van der Waals surface area contributed by atoms with Crippen molar-refractivity contribution >= 4 is 27.8 Å². The molecule has 3 amide bonds. The molecule has 3 N–H and O–H groups in total. The molecule has 12 heteroatoms. The summed E-state index contributed by atoms with van der Waals surface area (Å²) in [4.78, 5) is 24.8. The highest BCUT2D eigenvalue weighted by atomic mass is 32.2. The van der Waals surface area contributed by atoms with Gasteiger partial charge in [-0.25, -0.2) is 27.4 Å². The first-order valence-electron chi connectivity index (χ1n) is 10.9. The van der Waals surface area contributed by atoms with Crippen molar-refractivity contribution in [3.05, 3.63) is 34.5 Å². The van der Waals surface area contributed by atoms with Gasteiger partial charge in [-0.05, 0) is 60.8 Å². The van der Waals surface area contributed by atoms with Crippen LogP contribution in [0.2, 0.25) is 0 Å². The van der Waals surface area contributed by atoms with Crippen LogP contribution in [0.5, 0.6) is 5.88 Å². The molecule has 5 rings (SSSR count). The Morgan fingerprint density at radius 3 is 2.48 bits per heavy atom. The number of anilines is 1. The Bertz CT molecular complexity index is 1220. The van der Waals surface area contributed by atoms with Crippen LogP contribution < -0.4 is 14.8 Å². The summed E-state index contributed by atoms with van der Waals surface area (Å²) in [6.07, 6.45) is 5.68. The number of hydrogen-bond acceptors (Lipinski definition) is 6. The molecule has 0 saturated carbocycles. The second-order valence-corrected chi connectivity index (χ2v) is 10.3. The maximum atomic E-state index is 12.9. The number of aryl methyl sites for hydroxylation is 2. The number of rotatable bonds is 4. The van der Waals surface area contributed by atoms with Crippen LogP contribution in [-0.2, 0) is 42.3 Å². The molecular formula is C21H25N5O6S. The molecule has 0 saturated heterocycles. The van der Waals surface area contributed by atoms with Gasteiger partial charge in [0.15, 0.2) is 4.90 Å². The summed E-state index contributed by atoms with van der Waals surface area (Å²) in [6, 6.07) is 0.892. The van der Waals surface area contributed by atoms with Crippen molar-refractivity contribution < 1.29 is 27.9 Å². The van der Waals surface area contributed by atoms with Crippen molar-refractivity contribution in [3.8, 4) is 5.88 Å². The average Bonchev–Trinajstić information content (AvgIpc) is 3.50. The lowest BCUT2D eigenvalue weighted by molar-refractivity contribution is 0.0873. The first-order chi connectivity index (χ1) is 15.7. The Kier molecular flexibility index (Phi) is 5.19. The van der Waals surface area contributed by atoms with Gasteiger partial charge in [-0.15, -0.1) is 0 Å². The molecule has 0 spiro atoms. The summed E-state index contributed by atoms with van der Waals surface area (Å²) >= 11 is 0. The van der Waals surface area contributed by atoms with Gasteiger partial charge < -0.3 is 20.1 Å². The quantitative estimate of drug-likeness (QED) is 0.611. The Hall–Kier alpha value is -3.28. The number of nitrogens with one attached hydrogen (secondary N) is 2. The highest BCUT2D eigenvalue weighted by Crippen LogP contribution is 2.38. The van der Waals surface area contributed by atoms with Crippen LogP contribution in [0.4, 0.5) is 15.3 Å². The normalized spacial score (nSPS) is 18.6. The minimum Gasteiger partial charge on any atom is -0.475 e. The van der Waals surface area contributed by atoms with Crippen molar-refractivity contribution in [3.63, 3.8) is 0 Å². The number of nitrogens with zero attached hydrogens (tertiary/aromatic N) is 3. The van der Waals surface area contributed by atoms with Crippen LogP contribution >= 0.6 is 0 Å². The first-order valence-corrected chi connectivity index (χ1v) is 12.4. The topological polar surface area (TPSA) is 143 Å². The van der Waals surface area contributed by atoms with Crippen LogP contribution in [-0.4, -0.2) is 60.0 Å². The number of benzene rings is 1. The Morgan fingerprint density at radius 1 is 1.18 bits per heavy atom. The third-order valence-corrected chi connectivity index (χ3v) is 7.95. The smallest absolute Gasteiger partial charge is 0.407 e. The van der Waals surface area contributed by atoms with E-state index >= 15 is 0 Å². The summed E-state index contributed by atoms with van der Waals surface area (Å²) in [5.74, 6) is -0.0215. The minimum atomic E-state index is -4.26. The van der Waals surface area contributed by atoms with E-state index in [1.165, 1.54) is 22.9 Å². The standard InChI is InChI=1S/C21H25N5O6S/c1-25(21(28)29)14-10-26-19(32-11-14)17(9-22-26)33(30,31)24-20(27)23-18-15-6-2-4-12(15)8-13-5-3-7-16(13)18/h8-9,14H,2-7,10-11H2,1H3,(H,28,29)(H2,23,24,27). The van der Waals surface area contributed by atoms with E-state index in [0.29, 0.717) is 0 Å². The third-order valence-electron chi connectivity index (χ3n) is 6.63. The minimum absolute atomic E-state index is 0.0215. The van der Waals surface area contributed by atoms with Gasteiger partial charge in [-0.2, -0.15) is 5.10 Å². The van der Waals surface area contributed by atoms with Gasteiger partial charge in [0.2, 0.25) is 5.88 Å². The van der Waals surface area contributed by atoms with Gasteiger partial charge in [-0.1, -0.05) is 6.07 Å². The number of carbonyl (C=O) groups excluding carboxylic acids is 1. The lowest BCUT2D eigenvalue weighted by Gasteiger charge is -2.30. The second-order valence-electron chi connectivity index (χ2n) is 8.65. The lowest BCUT2D eigenvalue weighted by Crippen LogP contribution is -2.45. The van der Waals surface area contributed by atoms with Crippen molar-refractivity contribution in [1.29, 1.82) is 0 Å². The fourth-order valence-electron chi connectivity index (χ4n) is 4.92. The summed E-state index contributed by atoms with van der Waals surface area (Å²) in [5.41, 5.74) is 5.41. The van der Waals surface area contributed by atoms with Crippen molar-refractivity contribution in [2.45, 2.75) is 56.0 Å². The molecule has 0 fully saturated rings. The fraction of sp³-hybridized carbons (Fsp3) is 0.476. The van der Waals surface area contributed by atoms with Crippen LogP contribution in [0.15, 0.2) is 17.2 Å². The van der Waals surface area contributed by atoms with E-state index in [-0.39, 0.29) is 23.9 Å². The first kappa shape index (κ1) is 21.6. The highest BCUT2D eigenvalue weighted by molar-refractivity contribution is 7.90. The predicted molar refractivity (Wildman–Crippen MR) is 117 cm³/mol. The van der Waals surface area contributed by atoms with E-state index in [4.69, 9.17) is 9.84 Å². The van der Waals surface area contributed by atoms with E-state index in [2.05, 4.69) is 21.2 Å². The van der Waals surface area contributed by atoms with E-state index in [0.717, 1.165) is 66.4 Å². The summed E-state index contributed by atoms with van der Waals surface area (Å²) in [7, 11) is -2.85. The Morgan fingerprint density at radius 2 is 1.85 bits per heavy atom. The van der Waals surface area contributed by atoms with Gasteiger partial charge >= 0.3 is 12.1 Å². The summed E-state index contributed by atoms with van der Waals surface area (Å²) < 4.78 is 34.8. The molecule has 2 aromatic rings. The number of amides is 3. The average molecular weight is 476 g/mol. The maximum absolute atomic E-state index is 12.9. The molecule has 176 valence electrons. The van der Waals surface area contributed by atoms with Crippen LogP contribution in [0.25, 0.3) is 0 Å². The molecule has 2 heterocycles. The van der Waals surface area contributed by atoms with Crippen LogP contribution in [0.1, 0.15) is 35.1 Å². The summed E-state index contributed by atoms with van der Waals surface area (Å²) in [6.45, 7) is 0.119. The van der Waals surface area contributed by atoms with Crippen LogP contribution in [0.3, 0.4) is 0 Å². The van der Waals surface area contributed by atoms with Crippen molar-refractivity contribution in [2.24, 2.45) is 0 Å². The molecule has 0 radical (unpaired) electrons. The Labute approximate surface area is 190 Å². The predicted octanol–water partition coefficient (Wildman–Crippen LogP) is 1.74. The number of sulfonamides is 1. The monoisotopic (exact) mass is 475 g/mol. The van der Waals surface area contributed by atoms with Crippen LogP contribution in [0, 0.1) is 0 Å². The number of ether oxygens (including phenoxy) is 1. The van der Waals surface area contributed by atoms with Gasteiger partial charge in [0, 0.05) is 12.7 Å². The van der Waals surface area contributed by atoms with Crippen molar-refractivity contribution in [1.82, 2.24) is 19.4 Å². The zero-order valence-electron chi connectivity index (χ0n) is 18.1. The molecule has 1 aromatic carbocycles. The maximum Gasteiger partial charge on any atom is 0.407 e. The van der Waals surface area contributed by atoms with E-state index in [9.17, 15) is 18.0 Å². The molecule has 1 unspecified atom stereocenters. The number of hydrogen-bond donors (Lipinski definition) is 3. The third kappa shape index (κ3) is 3.77. The number of likely N-dealkylation sites (N-methyl/N-ethyl adjacent to an activating group) is 1. The lowest BCUT2D eigenvalue weighted by atomic mass is 9.99. The number of carboxylic acid groups (broad SMARTS) is 1. The number of carbonyl (C=O) groups is 2. The number of aromatic nitrogens is 2. The van der Waals surface area contributed by atoms with Crippen molar-refractivity contribution in [2.75, 3.05) is 19.0 Å². The highest BCUT2D eigenvalue weighted by Gasteiger charge is 2.34. The summed E-state index contributed by atoms with van der Waals surface area (Å²) in [5, 5.41) is 16.0. The molecular weight excluding hydrogens is 450 g/mol. The molecule has 1 aromatic heterocycles. The molecule has 1 atom stereocenters. The second kappa shape index (κ2) is 7.94. The van der Waals surface area contributed by atoms with Gasteiger partial charge in [0.1, 0.15) is 6.61 Å². The number of fused-ring (bicyclic) bond motifs is 3. The van der Waals surface area contributed by atoms with Gasteiger partial charge in [-0.3, -0.25) is 0 Å². The van der Waals surface area contributed by atoms with Gasteiger partial charge in [0.25, 0.3) is 10.0 Å². The zero-order valence-corrected chi connectivity index (χ0v) is 18.9.